The lowest BCUT2D eigenvalue weighted by molar-refractivity contribution is -0.123. The summed E-state index contributed by atoms with van der Waals surface area (Å²) >= 11 is 12.3. The second kappa shape index (κ2) is 10.3. The molecule has 3 heterocycles. The average molecular weight is 535 g/mol. The predicted octanol–water partition coefficient (Wildman–Crippen LogP) is 3.04. The summed E-state index contributed by atoms with van der Waals surface area (Å²) in [5, 5.41) is 19.2. The van der Waals surface area contributed by atoms with Gasteiger partial charge < -0.3 is 26.0 Å². The molecule has 0 saturated carbocycles. The molecule has 2 saturated heterocycles. The molecule has 0 aliphatic carbocycles. The Balaban J connectivity index is 1.36. The zero-order valence-electron chi connectivity index (χ0n) is 19.7. The summed E-state index contributed by atoms with van der Waals surface area (Å²) in [5.41, 5.74) is 0.464. The van der Waals surface area contributed by atoms with E-state index < -0.39 is 23.2 Å². The monoisotopic (exact) mass is 534 g/mol. The molecule has 2 unspecified atom stereocenters. The molecule has 2 aromatic carbocycles. The van der Waals surface area contributed by atoms with Crippen LogP contribution in [0, 0.1) is 5.82 Å². The van der Waals surface area contributed by atoms with Crippen LogP contribution in [0.2, 0.25) is 10.0 Å². The smallest absolute Gasteiger partial charge is 0.237 e. The van der Waals surface area contributed by atoms with Crippen molar-refractivity contribution >= 4 is 40.7 Å². The number of nitrogens with zero attached hydrogens (tertiary/aromatic N) is 1. The van der Waals surface area contributed by atoms with Crippen LogP contribution in [0.25, 0.3) is 0 Å². The molecule has 2 amide bonds. The Hall–Kier alpha value is -2.23. The summed E-state index contributed by atoms with van der Waals surface area (Å²) in [7, 11) is 0. The Labute approximate surface area is 219 Å². The maximum atomic E-state index is 14.6. The number of halogens is 3. The van der Waals surface area contributed by atoms with E-state index in [0.29, 0.717) is 29.4 Å². The number of rotatable bonds is 7. The first-order valence-electron chi connectivity index (χ1n) is 12.3. The number of aliphatic hydroxyl groups is 1. The number of anilines is 1. The van der Waals surface area contributed by atoms with Crippen LogP contribution in [-0.2, 0) is 15.0 Å². The fraction of sp³-hybridized carbons (Fsp3) is 0.462. The highest BCUT2D eigenvalue weighted by Gasteiger charge is 2.60. The number of unbranched alkanes of at least 4 members (excludes halogenated alkanes) is 1. The van der Waals surface area contributed by atoms with Crippen molar-refractivity contribution in [2.24, 2.45) is 0 Å². The predicted molar refractivity (Wildman–Crippen MR) is 137 cm³/mol. The average Bonchev–Trinajstić information content (AvgIpc) is 3.51. The molecule has 36 heavy (non-hydrogen) atoms. The number of carbonyl (C=O) groups excluding carboxylic acids is 2. The van der Waals surface area contributed by atoms with Crippen LogP contribution in [-0.4, -0.2) is 66.7 Å². The summed E-state index contributed by atoms with van der Waals surface area (Å²) in [6.07, 6.45) is 2.27. The molecule has 0 aromatic heterocycles. The summed E-state index contributed by atoms with van der Waals surface area (Å²) in [6, 6.07) is 9.11. The van der Waals surface area contributed by atoms with Gasteiger partial charge in [0, 0.05) is 42.8 Å². The second-order valence-corrected chi connectivity index (χ2v) is 10.7. The van der Waals surface area contributed by atoms with Crippen molar-refractivity contribution < 1.29 is 19.1 Å². The van der Waals surface area contributed by atoms with E-state index in [1.807, 2.05) is 6.07 Å². The maximum Gasteiger partial charge on any atom is 0.237 e. The third-order valence-electron chi connectivity index (χ3n) is 7.60. The molecule has 2 fully saturated rings. The van der Waals surface area contributed by atoms with Gasteiger partial charge in [-0.25, -0.2) is 4.39 Å². The lowest BCUT2D eigenvalue weighted by Crippen LogP contribution is -2.46. The van der Waals surface area contributed by atoms with Crippen molar-refractivity contribution in [3.05, 3.63) is 63.4 Å². The third-order valence-corrected chi connectivity index (χ3v) is 8.12. The van der Waals surface area contributed by atoms with E-state index in [9.17, 15) is 19.1 Å². The van der Waals surface area contributed by atoms with Crippen LogP contribution in [0.5, 0.6) is 0 Å². The molecular weight excluding hydrogens is 506 g/mol. The summed E-state index contributed by atoms with van der Waals surface area (Å²) in [5.74, 6) is -1.75. The molecule has 3 aliphatic rings. The molecule has 0 bridgehead atoms. The highest BCUT2D eigenvalue weighted by molar-refractivity contribution is 6.31. The van der Waals surface area contributed by atoms with Crippen LogP contribution >= 0.6 is 23.2 Å². The van der Waals surface area contributed by atoms with Gasteiger partial charge in [0.05, 0.1) is 22.6 Å². The molecule has 4 N–H and O–H groups in total. The fourth-order valence-electron chi connectivity index (χ4n) is 5.86. The van der Waals surface area contributed by atoms with Crippen molar-refractivity contribution in [1.82, 2.24) is 15.5 Å². The number of aliphatic hydroxyl groups excluding tert-OH is 1. The van der Waals surface area contributed by atoms with Crippen LogP contribution in [0.15, 0.2) is 36.4 Å². The number of benzene rings is 2. The third kappa shape index (κ3) is 4.61. The van der Waals surface area contributed by atoms with Gasteiger partial charge in [-0.05, 0) is 61.2 Å². The SMILES string of the molecule is O=C(NCCCCN1CCC(O)C1)[C@@H]1NC[C@]2(C(=O)Nc3cc(Cl)c(F)cc32)C1c1cccc(Cl)c1. The summed E-state index contributed by atoms with van der Waals surface area (Å²) in [4.78, 5) is 29.1. The van der Waals surface area contributed by atoms with E-state index in [4.69, 9.17) is 23.2 Å². The number of nitrogens with one attached hydrogen (secondary N) is 3. The van der Waals surface area contributed by atoms with E-state index >= 15 is 0 Å². The molecular formula is C26H29Cl2FN4O3. The zero-order chi connectivity index (χ0) is 25.4. The van der Waals surface area contributed by atoms with Gasteiger partial charge in [-0.3, -0.25) is 9.59 Å². The Morgan fingerprint density at radius 3 is 2.83 bits per heavy atom. The molecule has 7 nitrogen and oxygen atoms in total. The standard InChI is InChI=1S/C26H29Cl2FN4O3/c27-16-5-3-4-15(10-16)22-23(24(35)30-7-1-2-8-33-9-6-17(34)13-33)31-14-26(22)18-11-20(29)19(28)12-21(18)32-25(26)36/h3-5,10-12,17,22-23,31,34H,1-2,6-9,13-14H2,(H,30,35)(H,32,36)/t17?,22?,23-,26-/m1/s1. The summed E-state index contributed by atoms with van der Waals surface area (Å²) < 4.78 is 14.6. The Morgan fingerprint density at radius 2 is 2.08 bits per heavy atom. The molecule has 192 valence electrons. The van der Waals surface area contributed by atoms with Gasteiger partial charge in [0.25, 0.3) is 0 Å². The topological polar surface area (TPSA) is 93.7 Å². The minimum absolute atomic E-state index is 0.0749. The minimum Gasteiger partial charge on any atom is -0.392 e. The first-order valence-corrected chi connectivity index (χ1v) is 13.0. The number of amides is 2. The van der Waals surface area contributed by atoms with Crippen LogP contribution < -0.4 is 16.0 Å². The lowest BCUT2D eigenvalue weighted by Gasteiger charge is -2.31. The number of likely N-dealkylation sites (tertiary alicyclic amines) is 1. The highest BCUT2D eigenvalue weighted by Crippen LogP contribution is 2.52. The number of carbonyl (C=O) groups is 2. The molecule has 1 spiro atoms. The van der Waals surface area contributed by atoms with Gasteiger partial charge in [-0.2, -0.15) is 0 Å². The van der Waals surface area contributed by atoms with Crippen LogP contribution in [0.3, 0.4) is 0 Å². The van der Waals surface area contributed by atoms with E-state index in [0.717, 1.165) is 37.9 Å². The molecule has 0 radical (unpaired) electrons. The Kier molecular flexibility index (Phi) is 7.25. The first-order chi connectivity index (χ1) is 17.3. The largest absolute Gasteiger partial charge is 0.392 e. The molecule has 3 aliphatic heterocycles. The van der Waals surface area contributed by atoms with Gasteiger partial charge in [0.2, 0.25) is 11.8 Å². The van der Waals surface area contributed by atoms with Crippen LogP contribution in [0.4, 0.5) is 10.1 Å². The van der Waals surface area contributed by atoms with Crippen molar-refractivity contribution in [1.29, 1.82) is 0 Å². The lowest BCUT2D eigenvalue weighted by atomic mass is 9.68. The van der Waals surface area contributed by atoms with Crippen molar-refractivity contribution in [3.63, 3.8) is 0 Å². The van der Waals surface area contributed by atoms with E-state index in [1.54, 1.807) is 18.2 Å². The van der Waals surface area contributed by atoms with Gasteiger partial charge in [-0.15, -0.1) is 0 Å². The number of hydrogen-bond donors (Lipinski definition) is 4. The molecule has 2 aromatic rings. The minimum atomic E-state index is -1.19. The Morgan fingerprint density at radius 1 is 1.25 bits per heavy atom. The second-order valence-electron chi connectivity index (χ2n) is 9.87. The molecule has 4 atom stereocenters. The van der Waals surface area contributed by atoms with Gasteiger partial charge in [-0.1, -0.05) is 35.3 Å². The van der Waals surface area contributed by atoms with E-state index in [1.165, 1.54) is 12.1 Å². The van der Waals surface area contributed by atoms with Gasteiger partial charge in [0.1, 0.15) is 5.82 Å². The molecule has 10 heteroatoms. The number of β-amino-alcohol motifs (C(OH)–C–C–N with tert-alkyl or cyclic N) is 1. The summed E-state index contributed by atoms with van der Waals surface area (Å²) in [6.45, 7) is 3.15. The first kappa shape index (κ1) is 25.4. The maximum absolute atomic E-state index is 14.6. The number of fused-ring (bicyclic) bond motifs is 2. The van der Waals surface area contributed by atoms with Crippen molar-refractivity contribution in [2.45, 2.75) is 42.7 Å². The fourth-order valence-corrected chi connectivity index (χ4v) is 6.22. The zero-order valence-corrected chi connectivity index (χ0v) is 21.2. The number of hydrogen-bond acceptors (Lipinski definition) is 5. The van der Waals surface area contributed by atoms with Crippen LogP contribution in [0.1, 0.15) is 36.3 Å². The van der Waals surface area contributed by atoms with Gasteiger partial charge in [0.15, 0.2) is 0 Å². The van der Waals surface area contributed by atoms with E-state index in [-0.39, 0.29) is 29.5 Å². The van der Waals surface area contributed by atoms with Gasteiger partial charge >= 0.3 is 0 Å². The van der Waals surface area contributed by atoms with E-state index in [2.05, 4.69) is 20.9 Å². The molecule has 5 rings (SSSR count). The van der Waals surface area contributed by atoms with Crippen molar-refractivity contribution in [3.8, 4) is 0 Å². The quantitative estimate of drug-likeness (QED) is 0.409. The normalized spacial score (nSPS) is 27.4. The highest BCUT2D eigenvalue weighted by atomic mass is 35.5. The van der Waals surface area contributed by atoms with Crippen molar-refractivity contribution in [2.75, 3.05) is 38.0 Å². The Bertz CT molecular complexity index is 1180.